The average Bonchev–Trinajstić information content (AvgIpc) is 2.19. The van der Waals surface area contributed by atoms with Gasteiger partial charge in [-0.3, -0.25) is 0 Å². The molecular weight excluding hydrogens is 322 g/mol. The lowest BCUT2D eigenvalue weighted by atomic mass is 10.1. The van der Waals surface area contributed by atoms with Crippen molar-refractivity contribution in [2.75, 3.05) is 13.2 Å². The highest BCUT2D eigenvalue weighted by Gasteiger charge is 2.39. The number of halogens is 5. The second kappa shape index (κ2) is 5.93. The van der Waals surface area contributed by atoms with E-state index in [-0.39, 0.29) is 0 Å². The molecule has 2 N–H and O–H groups in total. The number of alkyl halides is 3. The third-order valence-electron chi connectivity index (χ3n) is 2.08. The highest BCUT2D eigenvalue weighted by molar-refractivity contribution is 9.10. The summed E-state index contributed by atoms with van der Waals surface area (Å²) < 4.78 is 42.8. The van der Waals surface area contributed by atoms with Crippen LogP contribution >= 0.6 is 27.5 Å². The minimum atomic E-state index is -4.35. The molecule has 0 aliphatic rings. The third-order valence-corrected chi connectivity index (χ3v) is 2.94. The lowest BCUT2D eigenvalue weighted by Crippen LogP contribution is -2.35. The van der Waals surface area contributed by atoms with Gasteiger partial charge in [0, 0.05) is 11.6 Å². The molecule has 7 heteroatoms. The zero-order valence-corrected chi connectivity index (χ0v) is 10.9. The molecule has 0 amide bonds. The van der Waals surface area contributed by atoms with Crippen molar-refractivity contribution < 1.29 is 17.9 Å². The molecule has 0 aliphatic carbocycles. The van der Waals surface area contributed by atoms with Crippen molar-refractivity contribution in [1.82, 2.24) is 0 Å². The Balaban J connectivity index is 2.66. The predicted octanol–water partition coefficient (Wildman–Crippen LogP) is 3.62. The van der Waals surface area contributed by atoms with Crippen LogP contribution in [0, 0.1) is 5.92 Å². The van der Waals surface area contributed by atoms with Crippen LogP contribution in [0.5, 0.6) is 5.75 Å². The predicted molar refractivity (Wildman–Crippen MR) is 63.2 cm³/mol. The fraction of sp³-hybridized carbons (Fsp3) is 0.400. The summed E-state index contributed by atoms with van der Waals surface area (Å²) in [5, 5.41) is 0.468. The summed E-state index contributed by atoms with van der Waals surface area (Å²) in [5.74, 6) is -1.37. The quantitative estimate of drug-likeness (QED) is 0.914. The van der Waals surface area contributed by atoms with Gasteiger partial charge >= 0.3 is 6.18 Å². The Hall–Kier alpha value is -0.460. The van der Waals surface area contributed by atoms with Crippen LogP contribution < -0.4 is 10.5 Å². The van der Waals surface area contributed by atoms with Crippen LogP contribution in [0.15, 0.2) is 22.7 Å². The smallest absolute Gasteiger partial charge is 0.396 e. The van der Waals surface area contributed by atoms with Gasteiger partial charge in [0.2, 0.25) is 0 Å². The minimum Gasteiger partial charge on any atom is -0.492 e. The Morgan fingerprint density at radius 3 is 2.53 bits per heavy atom. The molecule has 0 aromatic heterocycles. The molecule has 17 heavy (non-hydrogen) atoms. The highest BCUT2D eigenvalue weighted by atomic mass is 79.9. The van der Waals surface area contributed by atoms with E-state index in [0.717, 1.165) is 0 Å². The molecule has 1 unspecified atom stereocenters. The number of hydrogen-bond acceptors (Lipinski definition) is 2. The van der Waals surface area contributed by atoms with E-state index in [4.69, 9.17) is 22.1 Å². The van der Waals surface area contributed by atoms with Gasteiger partial charge in [0.15, 0.2) is 0 Å². The standard InChI is InChI=1S/C10H10BrClF3NO/c11-8-3-7(12)1-2-9(8)17-5-6(4-16)10(13,14)15/h1-3,6H,4-5,16H2. The lowest BCUT2D eigenvalue weighted by molar-refractivity contribution is -0.178. The van der Waals surface area contributed by atoms with Crippen LogP contribution in [0.1, 0.15) is 0 Å². The number of ether oxygens (including phenoxy) is 1. The second-order valence-electron chi connectivity index (χ2n) is 3.36. The summed E-state index contributed by atoms with van der Waals surface area (Å²) >= 11 is 8.84. The lowest BCUT2D eigenvalue weighted by Gasteiger charge is -2.19. The van der Waals surface area contributed by atoms with Gasteiger partial charge in [-0.2, -0.15) is 13.2 Å². The first-order chi connectivity index (χ1) is 7.84. The zero-order chi connectivity index (χ0) is 13.1. The maximum Gasteiger partial charge on any atom is 0.396 e. The van der Waals surface area contributed by atoms with E-state index < -0.39 is 25.2 Å². The summed E-state index contributed by atoms with van der Waals surface area (Å²) in [6.45, 7) is -1.02. The summed E-state index contributed by atoms with van der Waals surface area (Å²) in [7, 11) is 0. The topological polar surface area (TPSA) is 35.2 Å². The van der Waals surface area contributed by atoms with Crippen LogP contribution in [0.3, 0.4) is 0 Å². The Labute approximate surface area is 110 Å². The number of nitrogens with two attached hydrogens (primary N) is 1. The van der Waals surface area contributed by atoms with Crippen LogP contribution in [0.25, 0.3) is 0 Å². The zero-order valence-electron chi connectivity index (χ0n) is 8.60. The van der Waals surface area contributed by atoms with Crippen LogP contribution in [-0.2, 0) is 0 Å². The van der Waals surface area contributed by atoms with Crippen LogP contribution in [-0.4, -0.2) is 19.3 Å². The van der Waals surface area contributed by atoms with Crippen molar-refractivity contribution in [3.63, 3.8) is 0 Å². The van der Waals surface area contributed by atoms with E-state index in [1.165, 1.54) is 12.1 Å². The van der Waals surface area contributed by atoms with Crippen LogP contribution in [0.2, 0.25) is 5.02 Å². The van der Waals surface area contributed by atoms with Crippen molar-refractivity contribution >= 4 is 27.5 Å². The van der Waals surface area contributed by atoms with Crippen molar-refractivity contribution in [1.29, 1.82) is 0 Å². The molecule has 1 aromatic carbocycles. The number of benzene rings is 1. The monoisotopic (exact) mass is 331 g/mol. The Morgan fingerprint density at radius 1 is 1.41 bits per heavy atom. The summed E-state index contributed by atoms with van der Waals surface area (Å²) in [5.41, 5.74) is 5.05. The fourth-order valence-corrected chi connectivity index (χ4v) is 1.88. The highest BCUT2D eigenvalue weighted by Crippen LogP contribution is 2.30. The van der Waals surface area contributed by atoms with Gasteiger partial charge in [0.25, 0.3) is 0 Å². The molecule has 0 fully saturated rings. The van der Waals surface area contributed by atoms with E-state index >= 15 is 0 Å². The normalized spacial score (nSPS) is 13.5. The maximum atomic E-state index is 12.4. The van der Waals surface area contributed by atoms with E-state index in [2.05, 4.69) is 15.9 Å². The molecule has 0 radical (unpaired) electrons. The molecule has 0 aliphatic heterocycles. The van der Waals surface area contributed by atoms with Gasteiger partial charge in [-0.05, 0) is 34.1 Å². The van der Waals surface area contributed by atoms with Crippen molar-refractivity contribution in [2.45, 2.75) is 6.18 Å². The summed E-state index contributed by atoms with van der Waals surface area (Å²) in [4.78, 5) is 0. The van der Waals surface area contributed by atoms with Crippen molar-refractivity contribution in [3.8, 4) is 5.75 Å². The molecule has 0 saturated carbocycles. The van der Waals surface area contributed by atoms with E-state index in [9.17, 15) is 13.2 Å². The first kappa shape index (κ1) is 14.6. The molecule has 1 atom stereocenters. The van der Waals surface area contributed by atoms with Gasteiger partial charge in [-0.25, -0.2) is 0 Å². The molecular formula is C10H10BrClF3NO. The molecule has 96 valence electrons. The molecule has 0 saturated heterocycles. The summed E-state index contributed by atoms with van der Waals surface area (Å²) in [6, 6.07) is 4.57. The van der Waals surface area contributed by atoms with Crippen LogP contribution in [0.4, 0.5) is 13.2 Å². The molecule has 0 bridgehead atoms. The average molecular weight is 333 g/mol. The van der Waals surface area contributed by atoms with E-state index in [0.29, 0.717) is 15.2 Å². The Morgan fingerprint density at radius 2 is 2.06 bits per heavy atom. The SMILES string of the molecule is NCC(COc1ccc(Cl)cc1Br)C(F)(F)F. The number of rotatable bonds is 4. The number of hydrogen-bond donors (Lipinski definition) is 1. The Bertz CT molecular complexity index is 386. The van der Waals surface area contributed by atoms with Gasteiger partial charge in [0.1, 0.15) is 18.3 Å². The third kappa shape index (κ3) is 4.37. The van der Waals surface area contributed by atoms with E-state index in [1.807, 2.05) is 0 Å². The minimum absolute atomic E-state index is 0.303. The van der Waals surface area contributed by atoms with E-state index in [1.54, 1.807) is 6.07 Å². The molecule has 2 nitrogen and oxygen atoms in total. The Kier molecular flexibility index (Phi) is 5.09. The van der Waals surface area contributed by atoms with Gasteiger partial charge in [0.05, 0.1) is 4.47 Å². The largest absolute Gasteiger partial charge is 0.492 e. The second-order valence-corrected chi connectivity index (χ2v) is 4.65. The summed E-state index contributed by atoms with van der Waals surface area (Å²) in [6.07, 6.45) is -4.35. The van der Waals surface area contributed by atoms with Gasteiger partial charge in [-0.1, -0.05) is 11.6 Å². The molecule has 1 aromatic rings. The van der Waals surface area contributed by atoms with Crippen molar-refractivity contribution in [2.24, 2.45) is 11.7 Å². The van der Waals surface area contributed by atoms with Gasteiger partial charge < -0.3 is 10.5 Å². The molecule has 0 heterocycles. The first-order valence-corrected chi connectivity index (χ1v) is 5.86. The molecule has 1 rings (SSSR count). The maximum absolute atomic E-state index is 12.4. The fourth-order valence-electron chi connectivity index (χ4n) is 1.08. The van der Waals surface area contributed by atoms with Gasteiger partial charge in [-0.15, -0.1) is 0 Å². The van der Waals surface area contributed by atoms with Crippen molar-refractivity contribution in [3.05, 3.63) is 27.7 Å². The molecule has 0 spiro atoms. The first-order valence-electron chi connectivity index (χ1n) is 4.69.